The van der Waals surface area contributed by atoms with Crippen LogP contribution in [0.3, 0.4) is 0 Å². The first-order valence-electron chi connectivity index (χ1n) is 10.2. The van der Waals surface area contributed by atoms with E-state index in [4.69, 9.17) is 9.47 Å². The van der Waals surface area contributed by atoms with E-state index in [0.29, 0.717) is 10.2 Å². The van der Waals surface area contributed by atoms with E-state index in [1.807, 2.05) is 0 Å². The predicted octanol–water partition coefficient (Wildman–Crippen LogP) is 5.62. The van der Waals surface area contributed by atoms with Crippen LogP contribution in [0.4, 0.5) is 0 Å². The Kier molecular flexibility index (Phi) is 3.71. The van der Waals surface area contributed by atoms with Gasteiger partial charge in [-0.15, -0.1) is 0 Å². The first-order valence-corrected chi connectivity index (χ1v) is 11.2. The molecule has 2 nitrogen and oxygen atoms in total. The van der Waals surface area contributed by atoms with Crippen LogP contribution in [0.25, 0.3) is 0 Å². The van der Waals surface area contributed by atoms with Gasteiger partial charge in [-0.25, -0.2) is 0 Å². The van der Waals surface area contributed by atoms with Gasteiger partial charge in [-0.3, -0.25) is 0 Å². The van der Waals surface area contributed by atoms with Gasteiger partial charge in [0.15, 0.2) is 5.79 Å². The Morgan fingerprint density at radius 1 is 1.16 bits per heavy atom. The molecular formula is C22H31BrO2. The number of hydrogen-bond acceptors (Lipinski definition) is 2. The third kappa shape index (κ3) is 2.04. The van der Waals surface area contributed by atoms with Crippen LogP contribution in [0.1, 0.15) is 59.3 Å². The zero-order chi connectivity index (χ0) is 17.4. The first-order chi connectivity index (χ1) is 11.9. The van der Waals surface area contributed by atoms with Crippen LogP contribution in [0, 0.1) is 28.6 Å². The Balaban J connectivity index is 1.60. The lowest BCUT2D eigenvalue weighted by Crippen LogP contribution is -2.52. The fourth-order valence-electron chi connectivity index (χ4n) is 7.11. The molecular weight excluding hydrogens is 376 g/mol. The molecule has 138 valence electrons. The molecule has 0 amide bonds. The summed E-state index contributed by atoms with van der Waals surface area (Å²) in [7, 11) is 0. The highest BCUT2D eigenvalue weighted by Gasteiger charge is 2.66. The lowest BCUT2D eigenvalue weighted by Gasteiger charge is -2.55. The molecule has 6 atom stereocenters. The molecule has 0 bridgehead atoms. The molecule has 1 saturated heterocycles. The minimum absolute atomic E-state index is 0.0539. The van der Waals surface area contributed by atoms with Crippen LogP contribution < -0.4 is 0 Å². The molecule has 3 fully saturated rings. The van der Waals surface area contributed by atoms with E-state index in [9.17, 15) is 0 Å². The maximum absolute atomic E-state index is 6.29. The molecule has 4 aliphatic carbocycles. The summed E-state index contributed by atoms with van der Waals surface area (Å²) >= 11 is 3.96. The second-order valence-corrected chi connectivity index (χ2v) is 10.7. The Bertz CT molecular complexity index is 646. The lowest BCUT2D eigenvalue weighted by molar-refractivity contribution is -0.208. The van der Waals surface area contributed by atoms with Crippen molar-refractivity contribution < 1.29 is 9.47 Å². The van der Waals surface area contributed by atoms with Crippen molar-refractivity contribution in [2.75, 3.05) is 13.2 Å². The first kappa shape index (κ1) is 17.0. The van der Waals surface area contributed by atoms with Gasteiger partial charge in [-0.05, 0) is 61.7 Å². The highest BCUT2D eigenvalue weighted by Crippen LogP contribution is 2.67. The third-order valence-corrected chi connectivity index (χ3v) is 9.45. The molecule has 3 heteroatoms. The van der Waals surface area contributed by atoms with Gasteiger partial charge in [0, 0.05) is 5.41 Å². The molecule has 1 heterocycles. The molecule has 6 unspecified atom stereocenters. The van der Waals surface area contributed by atoms with E-state index in [-0.39, 0.29) is 5.41 Å². The Hall–Kier alpha value is -0.120. The summed E-state index contributed by atoms with van der Waals surface area (Å²) in [6.45, 7) is 8.83. The van der Waals surface area contributed by atoms with Crippen molar-refractivity contribution in [1.29, 1.82) is 0 Å². The minimum atomic E-state index is -0.422. The van der Waals surface area contributed by atoms with Gasteiger partial charge in [-0.1, -0.05) is 60.0 Å². The lowest BCUT2D eigenvalue weighted by atomic mass is 9.50. The number of ether oxygens (including phenoxy) is 2. The second-order valence-electron chi connectivity index (χ2n) is 9.64. The molecule has 0 aromatic heterocycles. The van der Waals surface area contributed by atoms with Crippen LogP contribution in [0.15, 0.2) is 23.3 Å². The van der Waals surface area contributed by atoms with Gasteiger partial charge in [-0.2, -0.15) is 0 Å². The Morgan fingerprint density at radius 3 is 2.68 bits per heavy atom. The Morgan fingerprint density at radius 2 is 1.92 bits per heavy atom. The minimum Gasteiger partial charge on any atom is -0.346 e. The van der Waals surface area contributed by atoms with Crippen LogP contribution in [-0.4, -0.2) is 23.8 Å². The number of hydrogen-bond donors (Lipinski definition) is 0. The van der Waals surface area contributed by atoms with Crippen LogP contribution >= 0.6 is 15.9 Å². The van der Waals surface area contributed by atoms with Crippen LogP contribution in [0.2, 0.25) is 0 Å². The number of alkyl halides is 1. The van der Waals surface area contributed by atoms with E-state index < -0.39 is 5.79 Å². The highest BCUT2D eigenvalue weighted by atomic mass is 79.9. The normalized spacial score (nSPS) is 50.7. The SMILES string of the molecule is CC1C=CC2(C)C(CCC3=C4CC(Br)C5(OCCO5)C4(C)CCC32)C1. The van der Waals surface area contributed by atoms with Crippen molar-refractivity contribution in [3.8, 4) is 0 Å². The van der Waals surface area contributed by atoms with E-state index >= 15 is 0 Å². The monoisotopic (exact) mass is 406 g/mol. The number of fused-ring (bicyclic) bond motifs is 5. The van der Waals surface area contributed by atoms with Gasteiger partial charge < -0.3 is 9.47 Å². The summed E-state index contributed by atoms with van der Waals surface area (Å²) in [6, 6.07) is 0. The summed E-state index contributed by atoms with van der Waals surface area (Å²) in [5.41, 5.74) is 3.87. The molecule has 0 aromatic rings. The van der Waals surface area contributed by atoms with Gasteiger partial charge in [0.2, 0.25) is 0 Å². The summed E-state index contributed by atoms with van der Waals surface area (Å²) in [5, 5.41) is 0. The topological polar surface area (TPSA) is 18.5 Å². The smallest absolute Gasteiger partial charge is 0.190 e. The summed E-state index contributed by atoms with van der Waals surface area (Å²) in [4.78, 5) is 0.293. The number of allylic oxidation sites excluding steroid dienone is 3. The van der Waals surface area contributed by atoms with E-state index in [0.717, 1.165) is 37.4 Å². The second kappa shape index (κ2) is 5.45. The predicted molar refractivity (Wildman–Crippen MR) is 104 cm³/mol. The van der Waals surface area contributed by atoms with Crippen molar-refractivity contribution in [3.63, 3.8) is 0 Å². The fraction of sp³-hybridized carbons (Fsp3) is 0.818. The van der Waals surface area contributed by atoms with E-state index in [2.05, 4.69) is 48.9 Å². The van der Waals surface area contributed by atoms with E-state index in [1.165, 1.54) is 32.1 Å². The molecule has 5 aliphatic rings. The third-order valence-electron chi connectivity index (χ3n) is 8.52. The van der Waals surface area contributed by atoms with Gasteiger partial charge in [0.1, 0.15) is 0 Å². The Labute approximate surface area is 160 Å². The van der Waals surface area contributed by atoms with Crippen molar-refractivity contribution in [3.05, 3.63) is 23.3 Å². The maximum atomic E-state index is 6.29. The molecule has 0 aromatic carbocycles. The van der Waals surface area contributed by atoms with Gasteiger partial charge >= 0.3 is 0 Å². The molecule has 2 saturated carbocycles. The van der Waals surface area contributed by atoms with Crippen molar-refractivity contribution >= 4 is 15.9 Å². The molecule has 1 spiro atoms. The number of rotatable bonds is 0. The zero-order valence-corrected chi connectivity index (χ0v) is 17.4. The average molecular weight is 407 g/mol. The zero-order valence-electron chi connectivity index (χ0n) is 15.8. The molecule has 1 aliphatic heterocycles. The molecule has 25 heavy (non-hydrogen) atoms. The fourth-order valence-corrected chi connectivity index (χ4v) is 8.20. The maximum Gasteiger partial charge on any atom is 0.190 e. The summed E-state index contributed by atoms with van der Waals surface area (Å²) in [6.07, 6.45) is 12.7. The van der Waals surface area contributed by atoms with Crippen molar-refractivity contribution in [2.45, 2.75) is 69.9 Å². The highest BCUT2D eigenvalue weighted by molar-refractivity contribution is 9.09. The van der Waals surface area contributed by atoms with Crippen LogP contribution in [0.5, 0.6) is 0 Å². The van der Waals surface area contributed by atoms with E-state index in [1.54, 1.807) is 11.1 Å². The molecule has 0 radical (unpaired) electrons. The summed E-state index contributed by atoms with van der Waals surface area (Å²) < 4.78 is 12.6. The molecule has 0 N–H and O–H groups in total. The molecule has 5 rings (SSSR count). The van der Waals surface area contributed by atoms with Crippen molar-refractivity contribution in [2.24, 2.45) is 28.6 Å². The standard InChI is InChI=1S/C22H31BrO2/c1-14-6-8-20(2)15(12-14)4-5-16-17(20)7-9-21(3)18(16)13-19(23)22(21)24-10-11-25-22/h6,8,14-15,17,19H,4-5,7,9-13H2,1-3H3. The van der Waals surface area contributed by atoms with Gasteiger partial charge in [0.25, 0.3) is 0 Å². The average Bonchev–Trinajstić information content (AvgIpc) is 3.16. The largest absolute Gasteiger partial charge is 0.346 e. The quantitative estimate of drug-likeness (QED) is 0.383. The number of halogens is 1. The van der Waals surface area contributed by atoms with Crippen molar-refractivity contribution in [1.82, 2.24) is 0 Å². The van der Waals surface area contributed by atoms with Crippen LogP contribution in [-0.2, 0) is 9.47 Å². The van der Waals surface area contributed by atoms with Gasteiger partial charge in [0.05, 0.1) is 18.0 Å². The summed E-state index contributed by atoms with van der Waals surface area (Å²) in [5.74, 6) is 1.92.